The van der Waals surface area contributed by atoms with E-state index in [4.69, 9.17) is 3.07 Å². The molecule has 0 aliphatic heterocycles. The zero-order valence-electron chi connectivity index (χ0n) is 13.7. The fourth-order valence-corrected chi connectivity index (χ4v) is 14.9. The van der Waals surface area contributed by atoms with Crippen LogP contribution in [0.3, 0.4) is 0 Å². The zero-order valence-corrected chi connectivity index (χ0v) is 16.6. The second-order valence-electron chi connectivity index (χ2n) is 5.79. The van der Waals surface area contributed by atoms with E-state index in [0.29, 0.717) is 0 Å². The maximum atomic E-state index is 13.9. The molecule has 6 atom stereocenters. The summed E-state index contributed by atoms with van der Waals surface area (Å²) in [5.41, 5.74) is 0. The van der Waals surface area contributed by atoms with Crippen LogP contribution >= 0.6 is 0 Å². The Morgan fingerprint density at radius 2 is 0.880 bits per heavy atom. The van der Waals surface area contributed by atoms with Gasteiger partial charge in [-0.15, -0.1) is 0 Å². The minimum absolute atomic E-state index is 0.214. The van der Waals surface area contributed by atoms with Crippen LogP contribution in [0, 0.1) is 0 Å². The average molecular weight is 497 g/mol. The van der Waals surface area contributed by atoms with Crippen molar-refractivity contribution in [3.05, 3.63) is 0 Å². The number of hydrogen-bond donors (Lipinski definition) is 0. The van der Waals surface area contributed by atoms with E-state index in [2.05, 4.69) is 0 Å². The van der Waals surface area contributed by atoms with E-state index in [-0.39, 0.29) is 6.61 Å². The van der Waals surface area contributed by atoms with Crippen molar-refractivity contribution in [2.45, 2.75) is 57.3 Å². The molecule has 0 aliphatic carbocycles. The van der Waals surface area contributed by atoms with Crippen LogP contribution in [0.5, 0.6) is 0 Å². The Morgan fingerprint density at radius 3 is 1.08 bits per heavy atom. The Bertz CT molecular complexity index is 307. The van der Waals surface area contributed by atoms with E-state index in [1.54, 1.807) is 0 Å². The molecule has 1 nitrogen and oxygen atoms in total. The van der Waals surface area contributed by atoms with E-state index in [9.17, 15) is 39.5 Å². The Hall–Kier alpha value is 0.129. The maximum absolute atomic E-state index is 13.9. The SMILES string of the molecule is CC[O][Sn]([CH2]C(F)C(F)CF)([CH2]C(F)C(F)CF)[CH2]C(F)C(F)CF. The van der Waals surface area contributed by atoms with Gasteiger partial charge in [-0.2, -0.15) is 0 Å². The summed E-state index contributed by atoms with van der Waals surface area (Å²) in [7, 11) is 0. The topological polar surface area (TPSA) is 9.23 Å². The average Bonchev–Trinajstić information content (AvgIpc) is 2.59. The number of alkyl halides is 9. The van der Waals surface area contributed by atoms with Gasteiger partial charge in [0.15, 0.2) is 0 Å². The molecule has 0 aromatic carbocycles. The van der Waals surface area contributed by atoms with Crippen molar-refractivity contribution in [3.8, 4) is 0 Å². The van der Waals surface area contributed by atoms with Crippen LogP contribution in [-0.2, 0) is 3.07 Å². The number of hydrogen-bond acceptors (Lipinski definition) is 1. The summed E-state index contributed by atoms with van der Waals surface area (Å²) in [5, 5.41) is 0. The Balaban J connectivity index is 5.49. The van der Waals surface area contributed by atoms with Gasteiger partial charge in [-0.25, -0.2) is 0 Å². The second kappa shape index (κ2) is 12.5. The first-order valence-corrected chi connectivity index (χ1v) is 15.0. The third-order valence-corrected chi connectivity index (χ3v) is 16.1. The predicted octanol–water partition coefficient (Wildman–Crippen LogP) is 4.91. The fourth-order valence-electron chi connectivity index (χ4n) is 2.47. The van der Waals surface area contributed by atoms with Crippen LogP contribution < -0.4 is 0 Å². The molecule has 0 saturated carbocycles. The van der Waals surface area contributed by atoms with Crippen molar-refractivity contribution in [3.63, 3.8) is 0 Å². The molecule has 0 fully saturated rings. The Labute approximate surface area is 145 Å². The molecule has 25 heavy (non-hydrogen) atoms. The molecule has 0 amide bonds. The summed E-state index contributed by atoms with van der Waals surface area (Å²) in [6.07, 6.45) is -15.2. The van der Waals surface area contributed by atoms with Crippen LogP contribution in [0.1, 0.15) is 6.92 Å². The van der Waals surface area contributed by atoms with Gasteiger partial charge in [-0.1, -0.05) is 0 Å². The molecule has 0 radical (unpaired) electrons. The third kappa shape index (κ3) is 8.57. The van der Waals surface area contributed by atoms with Gasteiger partial charge in [0.2, 0.25) is 0 Å². The first-order chi connectivity index (χ1) is 11.7. The summed E-state index contributed by atoms with van der Waals surface area (Å²) in [6.45, 7) is -3.93. The molecule has 0 bridgehead atoms. The van der Waals surface area contributed by atoms with Crippen LogP contribution in [0.2, 0.25) is 13.3 Å². The summed E-state index contributed by atoms with van der Waals surface area (Å²) in [6, 6.07) is 0. The molecule has 0 aromatic heterocycles. The van der Waals surface area contributed by atoms with Crippen LogP contribution in [0.4, 0.5) is 39.5 Å². The minimum atomic E-state index is -4.98. The molecule has 6 unspecified atom stereocenters. The second-order valence-corrected chi connectivity index (χ2v) is 16.9. The van der Waals surface area contributed by atoms with Gasteiger partial charge in [0.25, 0.3) is 0 Å². The standard InChI is InChI=1S/3C4H6F3.C2H5O.Sn/c3*1-3(6)4(7)2-5;1-2-3;/h3*3-4H,1-2H2;2H2,1H3;/q;;;-1;+1. The van der Waals surface area contributed by atoms with Crippen LogP contribution in [-0.4, -0.2) is 82.5 Å². The van der Waals surface area contributed by atoms with Crippen molar-refractivity contribution in [2.24, 2.45) is 0 Å². The summed E-state index contributed by atoms with van der Waals surface area (Å²) in [4.78, 5) is 0. The first kappa shape index (κ1) is 25.1. The summed E-state index contributed by atoms with van der Waals surface area (Å²) >= 11 is -4.98. The molecule has 0 aliphatic rings. The zero-order chi connectivity index (χ0) is 19.6. The number of halogens is 9. The van der Waals surface area contributed by atoms with Gasteiger partial charge in [0.1, 0.15) is 0 Å². The van der Waals surface area contributed by atoms with Crippen molar-refractivity contribution < 1.29 is 42.6 Å². The molecule has 0 saturated heterocycles. The molecule has 11 heteroatoms. The van der Waals surface area contributed by atoms with Crippen molar-refractivity contribution in [2.75, 3.05) is 26.6 Å². The van der Waals surface area contributed by atoms with Crippen molar-refractivity contribution in [1.29, 1.82) is 0 Å². The molecule has 0 N–H and O–H groups in total. The third-order valence-electron chi connectivity index (χ3n) is 3.77. The van der Waals surface area contributed by atoms with Crippen molar-refractivity contribution >= 4 is 18.8 Å². The van der Waals surface area contributed by atoms with Gasteiger partial charge in [-0.3, -0.25) is 0 Å². The van der Waals surface area contributed by atoms with Gasteiger partial charge < -0.3 is 0 Å². The Kier molecular flexibility index (Phi) is 12.6. The Morgan fingerprint density at radius 1 is 0.600 bits per heavy atom. The first-order valence-electron chi connectivity index (χ1n) is 7.82. The van der Waals surface area contributed by atoms with E-state index >= 15 is 0 Å². The fraction of sp³-hybridized carbons (Fsp3) is 1.00. The summed E-state index contributed by atoms with van der Waals surface area (Å²) < 4.78 is 121. The van der Waals surface area contributed by atoms with Gasteiger partial charge in [0, 0.05) is 0 Å². The van der Waals surface area contributed by atoms with Crippen LogP contribution in [0.25, 0.3) is 0 Å². The van der Waals surface area contributed by atoms with E-state index in [0.717, 1.165) is 0 Å². The van der Waals surface area contributed by atoms with Gasteiger partial charge in [-0.05, 0) is 0 Å². The quantitative estimate of drug-likeness (QED) is 0.245. The molecule has 0 aromatic rings. The normalized spacial score (nSPS) is 21.8. The molecular weight excluding hydrogens is 474 g/mol. The van der Waals surface area contributed by atoms with Gasteiger partial charge >= 0.3 is 145 Å². The summed E-state index contributed by atoms with van der Waals surface area (Å²) in [5.74, 6) is 0. The molecule has 0 heterocycles. The van der Waals surface area contributed by atoms with E-state index in [1.807, 2.05) is 0 Å². The number of rotatable bonds is 14. The van der Waals surface area contributed by atoms with E-state index < -0.39 is 89.2 Å². The van der Waals surface area contributed by atoms with Crippen LogP contribution in [0.15, 0.2) is 0 Å². The van der Waals surface area contributed by atoms with E-state index in [1.165, 1.54) is 6.92 Å². The molecule has 0 rings (SSSR count). The molecular formula is C14H23F9OSn. The molecule has 152 valence electrons. The predicted molar refractivity (Wildman–Crippen MR) is 79.1 cm³/mol. The molecule has 0 spiro atoms. The van der Waals surface area contributed by atoms with Crippen molar-refractivity contribution in [1.82, 2.24) is 0 Å². The monoisotopic (exact) mass is 498 g/mol. The van der Waals surface area contributed by atoms with Gasteiger partial charge in [0.05, 0.1) is 0 Å².